The van der Waals surface area contributed by atoms with E-state index in [1.165, 1.54) is 16.7 Å². The van der Waals surface area contributed by atoms with Gasteiger partial charge in [0, 0.05) is 20.7 Å². The lowest BCUT2D eigenvalue weighted by Gasteiger charge is -2.07. The molecule has 0 saturated heterocycles. The third-order valence-electron chi connectivity index (χ3n) is 2.50. The van der Waals surface area contributed by atoms with E-state index in [2.05, 4.69) is 0 Å². The van der Waals surface area contributed by atoms with E-state index in [-0.39, 0.29) is 10.6 Å². The Morgan fingerprint density at radius 2 is 1.95 bits per heavy atom. The molecule has 112 valence electrons. The number of alkyl halides is 3. The molecule has 0 saturated carbocycles. The molecule has 0 bridgehead atoms. The highest BCUT2D eigenvalue weighted by Crippen LogP contribution is 2.39. The first-order valence-electron chi connectivity index (χ1n) is 5.50. The standard InChI is InChI=1S/C12H8F3NO3S2/c1-5-2-3-7(21-5)6-4-20-9(8(6)10(17)18)16-11(19)12(13,14)15/h2-4H,1H3,(H,16,19)(H,17,18). The molecule has 2 heterocycles. The number of hydrogen-bond acceptors (Lipinski definition) is 4. The zero-order valence-electron chi connectivity index (χ0n) is 10.4. The average Bonchev–Trinajstić information content (AvgIpc) is 2.93. The Labute approximate surface area is 124 Å². The van der Waals surface area contributed by atoms with Gasteiger partial charge in [-0.3, -0.25) is 4.79 Å². The van der Waals surface area contributed by atoms with Gasteiger partial charge in [0.1, 0.15) is 10.6 Å². The lowest BCUT2D eigenvalue weighted by molar-refractivity contribution is -0.167. The number of aromatic carboxylic acids is 1. The van der Waals surface area contributed by atoms with E-state index in [4.69, 9.17) is 0 Å². The van der Waals surface area contributed by atoms with Crippen molar-refractivity contribution in [2.24, 2.45) is 0 Å². The molecule has 0 aliphatic heterocycles. The maximum absolute atomic E-state index is 12.2. The summed E-state index contributed by atoms with van der Waals surface area (Å²) in [6.45, 7) is 1.83. The first-order chi connectivity index (χ1) is 9.70. The van der Waals surface area contributed by atoms with Gasteiger partial charge in [0.05, 0.1) is 0 Å². The zero-order chi connectivity index (χ0) is 15.8. The number of rotatable bonds is 3. The van der Waals surface area contributed by atoms with Crippen LogP contribution in [0.5, 0.6) is 0 Å². The van der Waals surface area contributed by atoms with Crippen LogP contribution in [0.2, 0.25) is 0 Å². The van der Waals surface area contributed by atoms with E-state index in [0.717, 1.165) is 16.2 Å². The number of hydrogen-bond donors (Lipinski definition) is 2. The van der Waals surface area contributed by atoms with E-state index in [1.54, 1.807) is 17.4 Å². The monoisotopic (exact) mass is 335 g/mol. The molecule has 2 aromatic heterocycles. The highest BCUT2D eigenvalue weighted by atomic mass is 32.1. The quantitative estimate of drug-likeness (QED) is 0.891. The number of carboxylic acid groups (broad SMARTS) is 1. The molecular weight excluding hydrogens is 327 g/mol. The summed E-state index contributed by atoms with van der Waals surface area (Å²) in [4.78, 5) is 23.8. The smallest absolute Gasteiger partial charge is 0.471 e. The summed E-state index contributed by atoms with van der Waals surface area (Å²) >= 11 is 2.07. The highest BCUT2D eigenvalue weighted by Gasteiger charge is 2.39. The number of carbonyl (C=O) groups excluding carboxylic acids is 1. The van der Waals surface area contributed by atoms with E-state index in [1.807, 2.05) is 6.92 Å². The van der Waals surface area contributed by atoms with E-state index in [0.29, 0.717) is 10.4 Å². The van der Waals surface area contributed by atoms with Gasteiger partial charge in [-0.25, -0.2) is 4.79 Å². The van der Waals surface area contributed by atoms with Gasteiger partial charge in [0.2, 0.25) is 0 Å². The second-order valence-corrected chi connectivity index (χ2v) is 6.19. The molecule has 0 fully saturated rings. The van der Waals surface area contributed by atoms with E-state index in [9.17, 15) is 27.9 Å². The average molecular weight is 335 g/mol. The first-order valence-corrected chi connectivity index (χ1v) is 7.19. The van der Waals surface area contributed by atoms with Gasteiger partial charge in [-0.2, -0.15) is 13.2 Å². The lowest BCUT2D eigenvalue weighted by Crippen LogP contribution is -2.30. The number of carboxylic acids is 1. The van der Waals surface area contributed by atoms with Crippen molar-refractivity contribution in [3.05, 3.63) is 28.0 Å². The van der Waals surface area contributed by atoms with Crippen LogP contribution in [-0.2, 0) is 4.79 Å². The van der Waals surface area contributed by atoms with Crippen molar-refractivity contribution in [3.8, 4) is 10.4 Å². The van der Waals surface area contributed by atoms with Crippen LogP contribution in [0.15, 0.2) is 17.5 Å². The molecule has 0 atom stereocenters. The van der Waals surface area contributed by atoms with E-state index >= 15 is 0 Å². The number of halogens is 3. The number of anilines is 1. The summed E-state index contributed by atoms with van der Waals surface area (Å²) in [5, 5.41) is 11.9. The van der Waals surface area contributed by atoms with Gasteiger partial charge in [-0.05, 0) is 19.1 Å². The minimum atomic E-state index is -5.07. The number of thiophene rings is 2. The molecule has 1 amide bonds. The molecular formula is C12H8F3NO3S2. The lowest BCUT2D eigenvalue weighted by atomic mass is 10.1. The normalized spacial score (nSPS) is 11.4. The van der Waals surface area contributed by atoms with Crippen molar-refractivity contribution in [1.82, 2.24) is 0 Å². The number of carbonyl (C=O) groups is 2. The Morgan fingerprint density at radius 1 is 1.29 bits per heavy atom. The molecule has 4 nitrogen and oxygen atoms in total. The predicted molar refractivity (Wildman–Crippen MR) is 74.0 cm³/mol. The predicted octanol–water partition coefficient (Wildman–Crippen LogP) is 3.98. The van der Waals surface area contributed by atoms with Crippen LogP contribution < -0.4 is 5.32 Å². The molecule has 0 radical (unpaired) electrons. The second kappa shape index (κ2) is 5.49. The van der Waals surface area contributed by atoms with Crippen LogP contribution in [0.3, 0.4) is 0 Å². The zero-order valence-corrected chi connectivity index (χ0v) is 12.1. The fourth-order valence-electron chi connectivity index (χ4n) is 1.60. The topological polar surface area (TPSA) is 66.4 Å². The Kier molecular flexibility index (Phi) is 4.06. The Morgan fingerprint density at radius 3 is 2.43 bits per heavy atom. The maximum Gasteiger partial charge on any atom is 0.471 e. The summed E-state index contributed by atoms with van der Waals surface area (Å²) in [6, 6.07) is 3.46. The van der Waals surface area contributed by atoms with Gasteiger partial charge in [-0.15, -0.1) is 22.7 Å². The Balaban J connectivity index is 2.43. The SMILES string of the molecule is Cc1ccc(-c2csc(NC(=O)C(F)(F)F)c2C(=O)O)s1. The molecule has 2 rings (SSSR count). The number of aryl methyl sites for hydroxylation is 1. The molecule has 2 aromatic rings. The number of amides is 1. The van der Waals surface area contributed by atoms with Gasteiger partial charge >= 0.3 is 18.1 Å². The van der Waals surface area contributed by atoms with Crippen molar-refractivity contribution < 1.29 is 27.9 Å². The summed E-state index contributed by atoms with van der Waals surface area (Å²) in [7, 11) is 0. The molecule has 9 heteroatoms. The molecule has 0 aliphatic rings. The van der Waals surface area contributed by atoms with Crippen LogP contribution in [0, 0.1) is 6.92 Å². The Bertz CT molecular complexity index is 703. The molecule has 0 unspecified atom stereocenters. The van der Waals surface area contributed by atoms with Crippen molar-refractivity contribution >= 4 is 39.6 Å². The van der Waals surface area contributed by atoms with Crippen molar-refractivity contribution in [2.75, 3.05) is 5.32 Å². The molecule has 2 N–H and O–H groups in total. The van der Waals surface area contributed by atoms with Crippen LogP contribution in [-0.4, -0.2) is 23.2 Å². The van der Waals surface area contributed by atoms with Crippen LogP contribution in [0.25, 0.3) is 10.4 Å². The van der Waals surface area contributed by atoms with Crippen molar-refractivity contribution in [1.29, 1.82) is 0 Å². The minimum absolute atomic E-state index is 0.295. The molecule has 0 spiro atoms. The third-order valence-corrected chi connectivity index (χ3v) is 4.42. The van der Waals surface area contributed by atoms with E-state index < -0.39 is 18.1 Å². The van der Waals surface area contributed by atoms with Gasteiger partial charge in [-0.1, -0.05) is 0 Å². The summed E-state index contributed by atoms with van der Waals surface area (Å²) < 4.78 is 36.7. The number of nitrogens with one attached hydrogen (secondary N) is 1. The van der Waals surface area contributed by atoms with Crippen molar-refractivity contribution in [3.63, 3.8) is 0 Å². The summed E-state index contributed by atoms with van der Waals surface area (Å²) in [5.74, 6) is -3.59. The Hall–Kier alpha value is -1.87. The van der Waals surface area contributed by atoms with Crippen LogP contribution in [0.1, 0.15) is 15.2 Å². The first kappa shape index (κ1) is 15.5. The van der Waals surface area contributed by atoms with Gasteiger partial charge in [0.25, 0.3) is 0 Å². The van der Waals surface area contributed by atoms with Gasteiger partial charge in [0.15, 0.2) is 0 Å². The molecule has 21 heavy (non-hydrogen) atoms. The summed E-state index contributed by atoms with van der Waals surface area (Å²) in [5.41, 5.74) is -0.0393. The second-order valence-electron chi connectivity index (χ2n) is 4.02. The third kappa shape index (κ3) is 3.24. The highest BCUT2D eigenvalue weighted by molar-refractivity contribution is 7.17. The van der Waals surface area contributed by atoms with Crippen LogP contribution in [0.4, 0.5) is 18.2 Å². The fraction of sp³-hybridized carbons (Fsp3) is 0.167. The summed E-state index contributed by atoms with van der Waals surface area (Å²) in [6.07, 6.45) is -5.07. The molecule has 0 aliphatic carbocycles. The largest absolute Gasteiger partial charge is 0.478 e. The minimum Gasteiger partial charge on any atom is -0.478 e. The van der Waals surface area contributed by atoms with Gasteiger partial charge < -0.3 is 10.4 Å². The molecule has 0 aromatic carbocycles. The maximum atomic E-state index is 12.2. The van der Waals surface area contributed by atoms with Crippen molar-refractivity contribution in [2.45, 2.75) is 13.1 Å². The fourth-order valence-corrected chi connectivity index (χ4v) is 3.51. The van der Waals surface area contributed by atoms with Crippen LogP contribution >= 0.6 is 22.7 Å².